The van der Waals surface area contributed by atoms with Crippen molar-refractivity contribution in [3.63, 3.8) is 0 Å². The average Bonchev–Trinajstić information content (AvgIpc) is 2.32. The minimum absolute atomic E-state index is 0.0344. The molecular weight excluding hydrogens is 212 g/mol. The summed E-state index contributed by atoms with van der Waals surface area (Å²) in [5, 5.41) is 0. The molecule has 0 saturated carbocycles. The van der Waals surface area contributed by atoms with Crippen LogP contribution in [0.15, 0.2) is 33.8 Å². The van der Waals surface area contributed by atoms with Crippen LogP contribution < -0.4 is 5.56 Å². The standard InChI is InChI=1S/C14H20N2O/c1-6-10(2)12(4)11(3)9-13-15-8-7-14(17)16(13)5/h7-9H,6H2,1-5H3/b11-9-,12-10+. The molecule has 1 aromatic heterocycles. The number of rotatable bonds is 3. The van der Waals surface area contributed by atoms with Gasteiger partial charge in [0.05, 0.1) is 0 Å². The molecule has 0 unspecified atom stereocenters. The van der Waals surface area contributed by atoms with Crippen LogP contribution in [-0.2, 0) is 7.05 Å². The first-order chi connectivity index (χ1) is 7.97. The minimum atomic E-state index is -0.0344. The lowest BCUT2D eigenvalue weighted by atomic mass is 10.0. The van der Waals surface area contributed by atoms with Crippen molar-refractivity contribution in [3.05, 3.63) is 45.2 Å². The van der Waals surface area contributed by atoms with Gasteiger partial charge in [0.25, 0.3) is 5.56 Å². The van der Waals surface area contributed by atoms with Crippen molar-refractivity contribution in [2.24, 2.45) is 7.05 Å². The lowest BCUT2D eigenvalue weighted by molar-refractivity contribution is 0.808. The third kappa shape index (κ3) is 3.16. The van der Waals surface area contributed by atoms with Crippen LogP contribution in [0.2, 0.25) is 0 Å². The van der Waals surface area contributed by atoms with Crippen molar-refractivity contribution in [1.29, 1.82) is 0 Å². The Morgan fingerprint density at radius 3 is 2.65 bits per heavy atom. The molecule has 0 bridgehead atoms. The van der Waals surface area contributed by atoms with E-state index in [1.165, 1.54) is 17.2 Å². The second-order valence-electron chi connectivity index (χ2n) is 4.29. The highest BCUT2D eigenvalue weighted by molar-refractivity contribution is 5.52. The fraction of sp³-hybridized carbons (Fsp3) is 0.429. The molecule has 0 spiro atoms. The van der Waals surface area contributed by atoms with Crippen molar-refractivity contribution in [3.8, 4) is 0 Å². The summed E-state index contributed by atoms with van der Waals surface area (Å²) in [7, 11) is 1.74. The van der Waals surface area contributed by atoms with E-state index in [1.807, 2.05) is 13.0 Å². The SMILES string of the molecule is CC/C(C)=C(C)/C(C)=C\c1nccc(=O)n1C. The van der Waals surface area contributed by atoms with E-state index in [9.17, 15) is 4.79 Å². The van der Waals surface area contributed by atoms with Crippen LogP contribution in [0.5, 0.6) is 0 Å². The normalized spacial score (nSPS) is 13.6. The fourth-order valence-electron chi connectivity index (χ4n) is 1.53. The summed E-state index contributed by atoms with van der Waals surface area (Å²) in [5.74, 6) is 0.693. The Kier molecular flexibility index (Phi) is 4.44. The molecule has 0 aromatic carbocycles. The average molecular weight is 232 g/mol. The zero-order valence-electron chi connectivity index (χ0n) is 11.2. The molecule has 0 aliphatic carbocycles. The van der Waals surface area contributed by atoms with Gasteiger partial charge in [-0.25, -0.2) is 4.98 Å². The lowest BCUT2D eigenvalue weighted by Crippen LogP contribution is -2.18. The Hall–Kier alpha value is -1.64. The van der Waals surface area contributed by atoms with Gasteiger partial charge in [-0.15, -0.1) is 0 Å². The Labute approximate surface area is 103 Å². The molecule has 0 fully saturated rings. The van der Waals surface area contributed by atoms with Gasteiger partial charge in [-0.3, -0.25) is 9.36 Å². The number of hydrogen-bond acceptors (Lipinski definition) is 2. The number of hydrogen-bond donors (Lipinski definition) is 0. The van der Waals surface area contributed by atoms with Crippen molar-refractivity contribution in [2.45, 2.75) is 34.1 Å². The summed E-state index contributed by atoms with van der Waals surface area (Å²) in [5.41, 5.74) is 3.75. The van der Waals surface area contributed by atoms with E-state index in [-0.39, 0.29) is 5.56 Å². The second-order valence-corrected chi connectivity index (χ2v) is 4.29. The molecule has 0 saturated heterocycles. The molecule has 17 heavy (non-hydrogen) atoms. The number of allylic oxidation sites excluding steroid dienone is 3. The Balaban J connectivity index is 3.21. The smallest absolute Gasteiger partial charge is 0.253 e. The molecule has 0 atom stereocenters. The van der Waals surface area contributed by atoms with Crippen molar-refractivity contribution < 1.29 is 0 Å². The van der Waals surface area contributed by atoms with Gasteiger partial charge in [-0.2, -0.15) is 0 Å². The molecule has 1 heterocycles. The molecule has 3 heteroatoms. The molecule has 92 valence electrons. The van der Waals surface area contributed by atoms with E-state index in [2.05, 4.69) is 25.8 Å². The maximum Gasteiger partial charge on any atom is 0.253 e. The molecule has 0 radical (unpaired) electrons. The van der Waals surface area contributed by atoms with E-state index in [4.69, 9.17) is 0 Å². The van der Waals surface area contributed by atoms with Crippen LogP contribution in [0.4, 0.5) is 0 Å². The summed E-state index contributed by atoms with van der Waals surface area (Å²) in [6, 6.07) is 1.46. The summed E-state index contributed by atoms with van der Waals surface area (Å²) < 4.78 is 1.55. The summed E-state index contributed by atoms with van der Waals surface area (Å²) >= 11 is 0. The summed E-state index contributed by atoms with van der Waals surface area (Å²) in [4.78, 5) is 15.7. The van der Waals surface area contributed by atoms with E-state index < -0.39 is 0 Å². The first-order valence-electron chi connectivity index (χ1n) is 5.84. The van der Waals surface area contributed by atoms with Crippen molar-refractivity contribution in [2.75, 3.05) is 0 Å². The van der Waals surface area contributed by atoms with Crippen LogP contribution in [0.3, 0.4) is 0 Å². The van der Waals surface area contributed by atoms with Gasteiger partial charge in [0.2, 0.25) is 0 Å². The highest BCUT2D eigenvalue weighted by Crippen LogP contribution is 2.17. The molecular formula is C14H20N2O. The van der Waals surface area contributed by atoms with E-state index in [0.29, 0.717) is 5.82 Å². The Morgan fingerprint density at radius 2 is 2.06 bits per heavy atom. The largest absolute Gasteiger partial charge is 0.296 e. The van der Waals surface area contributed by atoms with Gasteiger partial charge in [0.1, 0.15) is 5.82 Å². The predicted molar refractivity (Wildman–Crippen MR) is 71.8 cm³/mol. The summed E-state index contributed by atoms with van der Waals surface area (Å²) in [6.07, 6.45) is 4.54. The van der Waals surface area contributed by atoms with Crippen LogP contribution in [0, 0.1) is 0 Å². The quantitative estimate of drug-likeness (QED) is 0.751. The highest BCUT2D eigenvalue weighted by Gasteiger charge is 2.01. The van der Waals surface area contributed by atoms with Gasteiger partial charge >= 0.3 is 0 Å². The maximum absolute atomic E-state index is 11.5. The monoisotopic (exact) mass is 232 g/mol. The Morgan fingerprint density at radius 1 is 1.41 bits per heavy atom. The van der Waals surface area contributed by atoms with Crippen LogP contribution >= 0.6 is 0 Å². The topological polar surface area (TPSA) is 34.9 Å². The molecule has 1 rings (SSSR count). The molecule has 0 N–H and O–H groups in total. The zero-order chi connectivity index (χ0) is 13.0. The van der Waals surface area contributed by atoms with E-state index in [1.54, 1.807) is 17.8 Å². The van der Waals surface area contributed by atoms with Gasteiger partial charge in [-0.1, -0.05) is 12.5 Å². The van der Waals surface area contributed by atoms with Gasteiger partial charge < -0.3 is 0 Å². The van der Waals surface area contributed by atoms with Gasteiger partial charge in [0, 0.05) is 19.3 Å². The minimum Gasteiger partial charge on any atom is -0.296 e. The third-order valence-corrected chi connectivity index (χ3v) is 3.21. The first kappa shape index (κ1) is 13.4. The number of nitrogens with zero attached hydrogens (tertiary/aromatic N) is 2. The van der Waals surface area contributed by atoms with Gasteiger partial charge in [-0.05, 0) is 44.4 Å². The van der Waals surface area contributed by atoms with Crippen LogP contribution in [0.1, 0.15) is 39.9 Å². The maximum atomic E-state index is 11.5. The van der Waals surface area contributed by atoms with Crippen molar-refractivity contribution >= 4 is 6.08 Å². The van der Waals surface area contributed by atoms with Crippen LogP contribution in [-0.4, -0.2) is 9.55 Å². The van der Waals surface area contributed by atoms with E-state index in [0.717, 1.165) is 12.0 Å². The summed E-state index contributed by atoms with van der Waals surface area (Å²) in [6.45, 7) is 8.42. The molecule has 0 aliphatic rings. The molecule has 1 aromatic rings. The molecule has 0 aliphatic heterocycles. The first-order valence-corrected chi connectivity index (χ1v) is 5.84. The predicted octanol–water partition coefficient (Wildman–Crippen LogP) is 2.93. The Bertz CT molecular complexity index is 521. The number of aromatic nitrogens is 2. The fourth-order valence-corrected chi connectivity index (χ4v) is 1.53. The zero-order valence-corrected chi connectivity index (χ0v) is 11.2. The molecule has 0 amide bonds. The van der Waals surface area contributed by atoms with Crippen LogP contribution in [0.25, 0.3) is 6.08 Å². The highest BCUT2D eigenvalue weighted by atomic mass is 16.1. The van der Waals surface area contributed by atoms with E-state index >= 15 is 0 Å². The van der Waals surface area contributed by atoms with Crippen molar-refractivity contribution in [1.82, 2.24) is 9.55 Å². The third-order valence-electron chi connectivity index (χ3n) is 3.21. The second kappa shape index (κ2) is 5.62. The van der Waals surface area contributed by atoms with Gasteiger partial charge in [0.15, 0.2) is 0 Å². The molecule has 3 nitrogen and oxygen atoms in total. The lowest BCUT2D eigenvalue weighted by Gasteiger charge is -2.08.